The molecule has 6 heteroatoms. The molecule has 0 bridgehead atoms. The molecule has 0 aliphatic heterocycles. The topological polar surface area (TPSA) is 72.2 Å². The Hall–Kier alpha value is -0.430. The van der Waals surface area contributed by atoms with Crippen molar-refractivity contribution in [2.45, 2.75) is 35.9 Å². The lowest BCUT2D eigenvalue weighted by Crippen LogP contribution is -2.44. The number of nitrogens with two attached hydrogens (primary N) is 1. The predicted octanol–water partition coefficient (Wildman–Crippen LogP) is 1.54. The van der Waals surface area contributed by atoms with Crippen molar-refractivity contribution in [2.75, 3.05) is 6.54 Å². The van der Waals surface area contributed by atoms with Crippen molar-refractivity contribution in [3.05, 3.63) is 17.5 Å². The highest BCUT2D eigenvalue weighted by molar-refractivity contribution is 7.91. The maximum Gasteiger partial charge on any atom is 0.250 e. The summed E-state index contributed by atoms with van der Waals surface area (Å²) in [6.45, 7) is 0.370. The largest absolute Gasteiger partial charge is 0.329 e. The van der Waals surface area contributed by atoms with E-state index in [2.05, 4.69) is 4.72 Å². The van der Waals surface area contributed by atoms with Crippen molar-refractivity contribution in [1.82, 2.24) is 4.72 Å². The van der Waals surface area contributed by atoms with Crippen LogP contribution < -0.4 is 10.5 Å². The lowest BCUT2D eigenvalue weighted by atomic mass is 9.99. The first-order valence-corrected chi connectivity index (χ1v) is 8.25. The molecule has 3 N–H and O–H groups in total. The molecule has 1 aromatic rings. The summed E-state index contributed by atoms with van der Waals surface area (Å²) in [5, 5.41) is 1.77. The Balaban J connectivity index is 2.08. The summed E-state index contributed by atoms with van der Waals surface area (Å²) < 4.78 is 27.2. The minimum atomic E-state index is -3.38. The van der Waals surface area contributed by atoms with E-state index in [1.54, 1.807) is 17.5 Å². The van der Waals surface area contributed by atoms with Gasteiger partial charge in [-0.25, -0.2) is 13.1 Å². The third kappa shape index (κ3) is 3.07. The molecule has 1 heterocycles. The Morgan fingerprint density at radius 2 is 2.18 bits per heavy atom. The number of hydrogen-bond donors (Lipinski definition) is 2. The minimum Gasteiger partial charge on any atom is -0.329 e. The number of thiophene rings is 1. The van der Waals surface area contributed by atoms with Crippen molar-refractivity contribution in [3.63, 3.8) is 0 Å². The Morgan fingerprint density at radius 3 is 2.71 bits per heavy atom. The van der Waals surface area contributed by atoms with Gasteiger partial charge in [0.2, 0.25) is 10.0 Å². The number of hydrogen-bond acceptors (Lipinski definition) is 4. The van der Waals surface area contributed by atoms with Crippen LogP contribution in [-0.2, 0) is 10.0 Å². The smallest absolute Gasteiger partial charge is 0.250 e. The van der Waals surface area contributed by atoms with Gasteiger partial charge < -0.3 is 5.73 Å². The van der Waals surface area contributed by atoms with Crippen LogP contribution in [-0.4, -0.2) is 21.0 Å². The van der Waals surface area contributed by atoms with Crippen LogP contribution >= 0.6 is 11.3 Å². The maximum atomic E-state index is 12.1. The van der Waals surface area contributed by atoms with Crippen LogP contribution in [0.3, 0.4) is 0 Å². The molecule has 0 spiro atoms. The lowest BCUT2D eigenvalue weighted by molar-refractivity contribution is 0.406. The van der Waals surface area contributed by atoms with Crippen molar-refractivity contribution in [1.29, 1.82) is 0 Å². The first-order chi connectivity index (χ1) is 8.13. The first-order valence-electron chi connectivity index (χ1n) is 5.89. The van der Waals surface area contributed by atoms with Crippen LogP contribution in [0.1, 0.15) is 25.7 Å². The molecule has 0 amide bonds. The molecule has 0 aromatic carbocycles. The zero-order chi connectivity index (χ0) is 12.3. The predicted molar refractivity (Wildman–Crippen MR) is 69.4 cm³/mol. The molecule has 1 fully saturated rings. The van der Waals surface area contributed by atoms with E-state index in [9.17, 15) is 8.42 Å². The fourth-order valence-electron chi connectivity index (χ4n) is 2.37. The van der Waals surface area contributed by atoms with Crippen LogP contribution in [0.2, 0.25) is 0 Å². The summed E-state index contributed by atoms with van der Waals surface area (Å²) in [4.78, 5) is 0. The van der Waals surface area contributed by atoms with Gasteiger partial charge in [-0.3, -0.25) is 0 Å². The number of sulfonamides is 1. The van der Waals surface area contributed by atoms with E-state index in [0.29, 0.717) is 16.7 Å². The average molecular weight is 274 g/mol. The maximum absolute atomic E-state index is 12.1. The van der Waals surface area contributed by atoms with E-state index in [-0.39, 0.29) is 6.04 Å². The van der Waals surface area contributed by atoms with E-state index in [1.165, 1.54) is 24.2 Å². The van der Waals surface area contributed by atoms with E-state index < -0.39 is 10.0 Å². The molecule has 0 saturated heterocycles. The molecule has 1 aromatic heterocycles. The first kappa shape index (κ1) is 13.0. The van der Waals surface area contributed by atoms with Crippen LogP contribution in [0.5, 0.6) is 0 Å². The zero-order valence-electron chi connectivity index (χ0n) is 9.63. The van der Waals surface area contributed by atoms with Gasteiger partial charge in [0, 0.05) is 12.6 Å². The Kier molecular flexibility index (Phi) is 4.19. The standard InChI is InChI=1S/C11H18N2O2S2/c12-8-10(9-4-1-2-5-9)13-17(14,15)11-6-3-7-16-11/h3,6-7,9-10,13H,1-2,4-5,8,12H2. The van der Waals surface area contributed by atoms with Gasteiger partial charge in [-0.2, -0.15) is 0 Å². The van der Waals surface area contributed by atoms with E-state index >= 15 is 0 Å². The Morgan fingerprint density at radius 1 is 1.47 bits per heavy atom. The molecule has 1 unspecified atom stereocenters. The van der Waals surface area contributed by atoms with E-state index in [4.69, 9.17) is 5.73 Å². The van der Waals surface area contributed by atoms with Crippen molar-refractivity contribution >= 4 is 21.4 Å². The minimum absolute atomic E-state index is 0.121. The quantitative estimate of drug-likeness (QED) is 0.855. The summed E-state index contributed by atoms with van der Waals surface area (Å²) in [5.41, 5.74) is 5.69. The fourth-order valence-corrected chi connectivity index (χ4v) is 4.70. The van der Waals surface area contributed by atoms with E-state index in [1.807, 2.05) is 0 Å². The number of nitrogens with one attached hydrogen (secondary N) is 1. The monoisotopic (exact) mass is 274 g/mol. The second-order valence-electron chi connectivity index (χ2n) is 4.44. The highest BCUT2D eigenvalue weighted by atomic mass is 32.2. The van der Waals surface area contributed by atoms with Gasteiger partial charge in [0.25, 0.3) is 0 Å². The van der Waals surface area contributed by atoms with Crippen LogP contribution in [0.4, 0.5) is 0 Å². The van der Waals surface area contributed by atoms with Gasteiger partial charge in [0.1, 0.15) is 4.21 Å². The zero-order valence-corrected chi connectivity index (χ0v) is 11.3. The van der Waals surface area contributed by atoms with Crippen molar-refractivity contribution in [3.8, 4) is 0 Å². The molecular formula is C11H18N2O2S2. The van der Waals surface area contributed by atoms with Gasteiger partial charge in [-0.15, -0.1) is 11.3 Å². The third-order valence-corrected chi connectivity index (χ3v) is 6.18. The molecule has 1 aliphatic carbocycles. The molecule has 96 valence electrons. The fraction of sp³-hybridized carbons (Fsp3) is 0.636. The van der Waals surface area contributed by atoms with Crippen LogP contribution in [0.25, 0.3) is 0 Å². The molecule has 1 aliphatic rings. The molecule has 4 nitrogen and oxygen atoms in total. The molecule has 2 rings (SSSR count). The second kappa shape index (κ2) is 5.48. The van der Waals surface area contributed by atoms with Gasteiger partial charge in [-0.05, 0) is 30.2 Å². The molecule has 17 heavy (non-hydrogen) atoms. The lowest BCUT2D eigenvalue weighted by Gasteiger charge is -2.22. The molecule has 1 atom stereocenters. The summed E-state index contributed by atoms with van der Waals surface area (Å²) in [5.74, 6) is 0.398. The second-order valence-corrected chi connectivity index (χ2v) is 7.33. The Labute approximate surface area is 106 Å². The van der Waals surface area contributed by atoms with Gasteiger partial charge in [0.05, 0.1) is 0 Å². The number of rotatable bonds is 5. The van der Waals surface area contributed by atoms with Crippen LogP contribution in [0.15, 0.2) is 21.7 Å². The summed E-state index contributed by atoms with van der Waals surface area (Å²) in [7, 11) is -3.38. The highest BCUT2D eigenvalue weighted by Gasteiger charge is 2.28. The summed E-state index contributed by atoms with van der Waals surface area (Å²) in [6, 6.07) is 3.24. The Bertz CT molecular complexity index is 436. The summed E-state index contributed by atoms with van der Waals surface area (Å²) >= 11 is 1.23. The van der Waals surface area contributed by atoms with Crippen molar-refractivity contribution < 1.29 is 8.42 Å². The van der Waals surface area contributed by atoms with Gasteiger partial charge in [-0.1, -0.05) is 18.9 Å². The molecular weight excluding hydrogens is 256 g/mol. The molecule has 0 radical (unpaired) electrons. The summed E-state index contributed by atoms with van der Waals surface area (Å²) in [6.07, 6.45) is 4.52. The third-order valence-electron chi connectivity index (χ3n) is 3.29. The highest BCUT2D eigenvalue weighted by Crippen LogP contribution is 2.28. The van der Waals surface area contributed by atoms with E-state index in [0.717, 1.165) is 12.8 Å². The SMILES string of the molecule is NCC(NS(=O)(=O)c1cccs1)C1CCCC1. The van der Waals surface area contributed by atoms with Gasteiger partial charge in [0.15, 0.2) is 0 Å². The van der Waals surface area contributed by atoms with Crippen LogP contribution in [0, 0.1) is 5.92 Å². The van der Waals surface area contributed by atoms with Crippen molar-refractivity contribution in [2.24, 2.45) is 11.7 Å². The molecule has 1 saturated carbocycles. The van der Waals surface area contributed by atoms with Gasteiger partial charge >= 0.3 is 0 Å². The average Bonchev–Trinajstić information content (AvgIpc) is 2.97. The normalized spacial score (nSPS) is 19.6.